The number of carbonyl (C=O) groups is 3. The molecule has 1 aromatic rings. The molecule has 1 aromatic carbocycles. The average Bonchev–Trinajstić information content (AvgIpc) is 3.05. The molecule has 0 radical (unpaired) electrons. The lowest BCUT2D eigenvalue weighted by molar-refractivity contribution is -0.171. The highest BCUT2D eigenvalue weighted by atomic mass is 16.6. The van der Waals surface area contributed by atoms with Crippen molar-refractivity contribution in [2.45, 2.75) is 25.0 Å². The standard InChI is InChI=1S/C17H21NO6/c1-11-9-10-24-13(11)17(15(20)22-2,16(21)23-3)18-14(19)12-7-5-4-6-8-12/h4-8,11,13H,9-10H2,1-3H3,(H,18,19)/t11-,13-/m0/s1. The summed E-state index contributed by atoms with van der Waals surface area (Å²) in [6, 6.07) is 8.27. The Morgan fingerprint density at radius 3 is 2.17 bits per heavy atom. The maximum atomic E-state index is 12.6. The van der Waals surface area contributed by atoms with Gasteiger partial charge in [0.15, 0.2) is 0 Å². The van der Waals surface area contributed by atoms with Crippen LogP contribution in [0.15, 0.2) is 30.3 Å². The van der Waals surface area contributed by atoms with E-state index in [2.05, 4.69) is 5.32 Å². The van der Waals surface area contributed by atoms with Crippen LogP contribution in [0.2, 0.25) is 0 Å². The van der Waals surface area contributed by atoms with Crippen molar-refractivity contribution in [2.75, 3.05) is 20.8 Å². The van der Waals surface area contributed by atoms with E-state index in [1.807, 2.05) is 6.92 Å². The van der Waals surface area contributed by atoms with Crippen LogP contribution in [0, 0.1) is 5.92 Å². The Morgan fingerprint density at radius 1 is 1.12 bits per heavy atom. The number of hydrogen-bond acceptors (Lipinski definition) is 6. The van der Waals surface area contributed by atoms with Gasteiger partial charge in [0.1, 0.15) is 6.10 Å². The lowest BCUT2D eigenvalue weighted by Crippen LogP contribution is -2.68. The SMILES string of the molecule is COC(=O)C(NC(=O)c1ccccc1)(C(=O)OC)[C@H]1OCC[C@@H]1C. The zero-order valence-corrected chi connectivity index (χ0v) is 13.9. The molecule has 2 rings (SSSR count). The first kappa shape index (κ1) is 17.9. The first-order valence-electron chi connectivity index (χ1n) is 7.63. The van der Waals surface area contributed by atoms with Crippen LogP contribution in [-0.4, -0.2) is 50.3 Å². The monoisotopic (exact) mass is 335 g/mol. The van der Waals surface area contributed by atoms with Crippen LogP contribution in [0.3, 0.4) is 0 Å². The molecule has 0 bridgehead atoms. The first-order chi connectivity index (χ1) is 11.5. The zero-order valence-electron chi connectivity index (χ0n) is 13.9. The predicted molar refractivity (Wildman–Crippen MR) is 84.2 cm³/mol. The van der Waals surface area contributed by atoms with Crippen molar-refractivity contribution in [2.24, 2.45) is 5.92 Å². The minimum Gasteiger partial charge on any atom is -0.467 e. The second kappa shape index (κ2) is 7.44. The molecule has 0 spiro atoms. The number of benzene rings is 1. The molecule has 7 nitrogen and oxygen atoms in total. The molecular weight excluding hydrogens is 314 g/mol. The smallest absolute Gasteiger partial charge is 0.346 e. The van der Waals surface area contributed by atoms with Gasteiger partial charge in [-0.2, -0.15) is 0 Å². The van der Waals surface area contributed by atoms with Crippen molar-refractivity contribution in [1.82, 2.24) is 5.32 Å². The summed E-state index contributed by atoms with van der Waals surface area (Å²) in [5.74, 6) is -2.57. The molecule has 0 unspecified atom stereocenters. The zero-order chi connectivity index (χ0) is 17.7. The molecule has 24 heavy (non-hydrogen) atoms. The lowest BCUT2D eigenvalue weighted by atomic mass is 9.84. The van der Waals surface area contributed by atoms with Crippen LogP contribution in [0.25, 0.3) is 0 Å². The van der Waals surface area contributed by atoms with Gasteiger partial charge in [0.25, 0.3) is 11.4 Å². The predicted octanol–water partition coefficient (Wildman–Crippen LogP) is 0.926. The third-order valence-electron chi connectivity index (χ3n) is 4.18. The fraction of sp³-hybridized carbons (Fsp3) is 0.471. The Hall–Kier alpha value is -2.41. The lowest BCUT2D eigenvalue weighted by Gasteiger charge is -2.35. The minimum absolute atomic E-state index is 0.140. The fourth-order valence-electron chi connectivity index (χ4n) is 2.90. The summed E-state index contributed by atoms with van der Waals surface area (Å²) in [7, 11) is 2.29. The van der Waals surface area contributed by atoms with Gasteiger partial charge in [0.2, 0.25) is 0 Å². The Morgan fingerprint density at radius 2 is 1.71 bits per heavy atom. The van der Waals surface area contributed by atoms with Gasteiger partial charge in [-0.25, -0.2) is 9.59 Å². The van der Waals surface area contributed by atoms with Crippen LogP contribution in [0.4, 0.5) is 0 Å². The summed E-state index contributed by atoms with van der Waals surface area (Å²) in [6.07, 6.45) is -0.216. The van der Waals surface area contributed by atoms with Crippen molar-refractivity contribution in [3.05, 3.63) is 35.9 Å². The molecule has 1 aliphatic heterocycles. The minimum atomic E-state index is -2.05. The number of carbonyl (C=O) groups excluding carboxylic acids is 3. The largest absolute Gasteiger partial charge is 0.467 e. The normalized spacial score (nSPS) is 20.3. The van der Waals surface area contributed by atoms with E-state index in [0.717, 1.165) is 14.2 Å². The van der Waals surface area contributed by atoms with Crippen molar-refractivity contribution < 1.29 is 28.6 Å². The Balaban J connectivity index is 2.46. The van der Waals surface area contributed by atoms with E-state index in [1.54, 1.807) is 30.3 Å². The van der Waals surface area contributed by atoms with Crippen LogP contribution in [0.5, 0.6) is 0 Å². The van der Waals surface area contributed by atoms with Crippen molar-refractivity contribution in [3.8, 4) is 0 Å². The second-order valence-electron chi connectivity index (χ2n) is 5.67. The number of hydrogen-bond donors (Lipinski definition) is 1. The highest BCUT2D eigenvalue weighted by molar-refractivity contribution is 6.11. The van der Waals surface area contributed by atoms with Crippen LogP contribution >= 0.6 is 0 Å². The first-order valence-corrected chi connectivity index (χ1v) is 7.63. The van der Waals surface area contributed by atoms with Crippen LogP contribution in [0.1, 0.15) is 23.7 Å². The second-order valence-corrected chi connectivity index (χ2v) is 5.67. The van der Waals surface area contributed by atoms with Gasteiger partial charge in [-0.1, -0.05) is 25.1 Å². The summed E-state index contributed by atoms with van der Waals surface area (Å²) in [5.41, 5.74) is -1.74. The molecule has 0 aromatic heterocycles. The Labute approximate surface area is 140 Å². The van der Waals surface area contributed by atoms with E-state index < -0.39 is 29.5 Å². The molecule has 2 atom stereocenters. The Bertz CT molecular complexity index is 599. The summed E-state index contributed by atoms with van der Waals surface area (Å²) < 4.78 is 15.2. The molecule has 1 aliphatic rings. The molecule has 130 valence electrons. The van der Waals surface area contributed by atoms with E-state index in [-0.39, 0.29) is 5.92 Å². The number of rotatable bonds is 5. The third-order valence-corrected chi connectivity index (χ3v) is 4.18. The molecule has 0 aliphatic carbocycles. The fourth-order valence-corrected chi connectivity index (χ4v) is 2.90. The van der Waals surface area contributed by atoms with Gasteiger partial charge in [-0.05, 0) is 24.5 Å². The Kier molecular flexibility index (Phi) is 5.56. The highest BCUT2D eigenvalue weighted by Gasteiger charge is 2.59. The van der Waals surface area contributed by atoms with E-state index in [0.29, 0.717) is 18.6 Å². The maximum absolute atomic E-state index is 12.6. The molecular formula is C17H21NO6. The summed E-state index contributed by atoms with van der Waals surface area (Å²) in [4.78, 5) is 37.6. The average molecular weight is 335 g/mol. The van der Waals surface area contributed by atoms with E-state index >= 15 is 0 Å². The molecule has 1 amide bonds. The van der Waals surface area contributed by atoms with Crippen molar-refractivity contribution >= 4 is 17.8 Å². The molecule has 0 saturated carbocycles. The molecule has 1 N–H and O–H groups in total. The molecule has 1 fully saturated rings. The van der Waals surface area contributed by atoms with Crippen LogP contribution < -0.4 is 5.32 Å². The summed E-state index contributed by atoms with van der Waals surface area (Å²) in [5, 5.41) is 2.51. The van der Waals surface area contributed by atoms with Gasteiger partial charge in [0, 0.05) is 12.2 Å². The number of esters is 2. The van der Waals surface area contributed by atoms with Gasteiger partial charge < -0.3 is 19.5 Å². The number of amides is 1. The van der Waals surface area contributed by atoms with E-state index in [9.17, 15) is 14.4 Å². The van der Waals surface area contributed by atoms with E-state index in [1.165, 1.54) is 0 Å². The number of nitrogens with one attached hydrogen (secondary N) is 1. The maximum Gasteiger partial charge on any atom is 0.346 e. The van der Waals surface area contributed by atoms with Gasteiger partial charge in [-0.3, -0.25) is 4.79 Å². The number of ether oxygens (including phenoxy) is 3. The number of methoxy groups -OCH3 is 2. The summed E-state index contributed by atoms with van der Waals surface area (Å²) >= 11 is 0. The molecule has 1 heterocycles. The van der Waals surface area contributed by atoms with Crippen molar-refractivity contribution in [3.63, 3.8) is 0 Å². The molecule has 7 heteroatoms. The van der Waals surface area contributed by atoms with Crippen LogP contribution in [-0.2, 0) is 23.8 Å². The van der Waals surface area contributed by atoms with Gasteiger partial charge in [-0.15, -0.1) is 0 Å². The van der Waals surface area contributed by atoms with Crippen molar-refractivity contribution in [1.29, 1.82) is 0 Å². The van der Waals surface area contributed by atoms with Gasteiger partial charge >= 0.3 is 11.9 Å². The topological polar surface area (TPSA) is 90.9 Å². The quantitative estimate of drug-likeness (QED) is 0.636. The molecule has 1 saturated heterocycles. The van der Waals surface area contributed by atoms with Gasteiger partial charge in [0.05, 0.1) is 14.2 Å². The summed E-state index contributed by atoms with van der Waals surface area (Å²) in [6.45, 7) is 2.22. The van der Waals surface area contributed by atoms with E-state index in [4.69, 9.17) is 14.2 Å². The third kappa shape index (κ3) is 3.12. The highest BCUT2D eigenvalue weighted by Crippen LogP contribution is 2.32.